The highest BCUT2D eigenvalue weighted by Gasteiger charge is 2.42. The lowest BCUT2D eigenvalue weighted by Crippen LogP contribution is -2.56. The molecule has 2 aliphatic rings. The SMILES string of the molecule is NC(=O)NCCNC(=O)c1ccc(Cl)cc1OCC(=O)N1C2CCC1CN(Cc1ccc(F)cc1)C2. The molecular weight excluding hydrogens is 489 g/mol. The van der Waals surface area contributed by atoms with Gasteiger partial charge in [0.05, 0.1) is 5.56 Å². The monoisotopic (exact) mass is 517 g/mol. The number of nitrogens with zero attached hydrogens (tertiary/aromatic N) is 2. The van der Waals surface area contributed by atoms with Crippen LogP contribution in [-0.4, -0.2) is 72.5 Å². The lowest BCUT2D eigenvalue weighted by Gasteiger charge is -2.41. The molecule has 2 aliphatic heterocycles. The van der Waals surface area contributed by atoms with Gasteiger partial charge in [0.25, 0.3) is 11.8 Å². The summed E-state index contributed by atoms with van der Waals surface area (Å²) in [6.45, 7) is 2.33. The molecule has 2 bridgehead atoms. The molecule has 0 spiro atoms. The molecule has 2 aromatic rings. The number of primary amides is 1. The molecule has 4 amide bonds. The number of amides is 4. The van der Waals surface area contributed by atoms with Gasteiger partial charge in [0.15, 0.2) is 6.61 Å². The second-order valence-corrected chi connectivity index (χ2v) is 9.42. The molecule has 0 aliphatic carbocycles. The van der Waals surface area contributed by atoms with E-state index in [1.165, 1.54) is 24.3 Å². The van der Waals surface area contributed by atoms with Crippen LogP contribution in [-0.2, 0) is 11.3 Å². The number of benzene rings is 2. The second-order valence-electron chi connectivity index (χ2n) is 8.98. The van der Waals surface area contributed by atoms with Crippen molar-refractivity contribution in [3.8, 4) is 5.75 Å². The van der Waals surface area contributed by atoms with E-state index in [1.54, 1.807) is 18.2 Å². The summed E-state index contributed by atoms with van der Waals surface area (Å²) >= 11 is 6.10. The van der Waals surface area contributed by atoms with Crippen molar-refractivity contribution in [3.63, 3.8) is 0 Å². The van der Waals surface area contributed by atoms with Gasteiger partial charge in [-0.25, -0.2) is 9.18 Å². The van der Waals surface area contributed by atoms with Crippen molar-refractivity contribution in [1.29, 1.82) is 0 Å². The van der Waals surface area contributed by atoms with Gasteiger partial charge in [-0.15, -0.1) is 0 Å². The van der Waals surface area contributed by atoms with E-state index < -0.39 is 11.9 Å². The van der Waals surface area contributed by atoms with Gasteiger partial charge in [-0.05, 0) is 48.7 Å². The molecule has 2 atom stereocenters. The van der Waals surface area contributed by atoms with E-state index in [9.17, 15) is 18.8 Å². The smallest absolute Gasteiger partial charge is 0.312 e. The van der Waals surface area contributed by atoms with Crippen LogP contribution in [0.15, 0.2) is 42.5 Å². The van der Waals surface area contributed by atoms with Gasteiger partial charge >= 0.3 is 6.03 Å². The van der Waals surface area contributed by atoms with Crippen LogP contribution in [0.5, 0.6) is 5.75 Å². The first kappa shape index (κ1) is 25.7. The topological polar surface area (TPSA) is 117 Å². The molecule has 2 saturated heterocycles. The minimum Gasteiger partial charge on any atom is -0.483 e. The Morgan fingerprint density at radius 3 is 2.36 bits per heavy atom. The standard InChI is InChI=1S/C25H29ClFN5O4/c26-17-3-8-21(24(34)29-9-10-30-25(28)35)22(11-17)36-15-23(33)32-19-6-7-20(32)14-31(13-19)12-16-1-4-18(27)5-2-16/h1-5,8,11,19-20H,6-7,9-10,12-15H2,(H,29,34)(H3,28,30,35). The summed E-state index contributed by atoms with van der Waals surface area (Å²) in [5.41, 5.74) is 6.29. The van der Waals surface area contributed by atoms with Crippen LogP contribution in [0.3, 0.4) is 0 Å². The summed E-state index contributed by atoms with van der Waals surface area (Å²) < 4.78 is 19.0. The first-order valence-corrected chi connectivity index (χ1v) is 12.2. The quantitative estimate of drug-likeness (QED) is 0.441. The van der Waals surface area contributed by atoms with E-state index in [4.69, 9.17) is 22.1 Å². The Bertz CT molecular complexity index is 1100. The number of hydrogen-bond acceptors (Lipinski definition) is 5. The van der Waals surface area contributed by atoms with Crippen molar-refractivity contribution in [2.24, 2.45) is 5.73 Å². The number of carbonyl (C=O) groups excluding carboxylic acids is 3. The number of piperazine rings is 1. The van der Waals surface area contributed by atoms with E-state index in [0.717, 1.165) is 31.5 Å². The Hall–Kier alpha value is -3.37. The Balaban J connectivity index is 1.33. The Labute approximate surface area is 213 Å². The van der Waals surface area contributed by atoms with E-state index >= 15 is 0 Å². The maximum atomic E-state index is 13.2. The molecule has 0 saturated carbocycles. The molecule has 4 N–H and O–H groups in total. The van der Waals surface area contributed by atoms with E-state index in [-0.39, 0.29) is 54.8 Å². The fourth-order valence-electron chi connectivity index (χ4n) is 4.85. The van der Waals surface area contributed by atoms with Crippen LogP contribution in [0.4, 0.5) is 9.18 Å². The zero-order chi connectivity index (χ0) is 25.7. The van der Waals surface area contributed by atoms with Gasteiger partial charge in [0, 0.05) is 49.8 Å². The van der Waals surface area contributed by atoms with Crippen molar-refractivity contribution in [3.05, 3.63) is 64.4 Å². The van der Waals surface area contributed by atoms with E-state index in [2.05, 4.69) is 15.5 Å². The summed E-state index contributed by atoms with van der Waals surface area (Å²) in [5.74, 6) is -0.607. The molecule has 2 heterocycles. The Morgan fingerprint density at radius 2 is 1.69 bits per heavy atom. The number of carbonyl (C=O) groups is 3. The lowest BCUT2D eigenvalue weighted by atomic mass is 10.1. The van der Waals surface area contributed by atoms with Crippen molar-refractivity contribution in [1.82, 2.24) is 20.4 Å². The van der Waals surface area contributed by atoms with Gasteiger partial charge < -0.3 is 26.0 Å². The first-order valence-electron chi connectivity index (χ1n) is 11.8. The van der Waals surface area contributed by atoms with Crippen molar-refractivity contribution in [2.75, 3.05) is 32.8 Å². The van der Waals surface area contributed by atoms with Crippen molar-refractivity contribution < 1.29 is 23.5 Å². The molecule has 0 aromatic heterocycles. The fourth-order valence-corrected chi connectivity index (χ4v) is 5.01. The number of nitrogens with two attached hydrogens (primary N) is 1. The summed E-state index contributed by atoms with van der Waals surface area (Å²) in [5, 5.41) is 5.43. The first-order chi connectivity index (χ1) is 17.3. The molecule has 2 unspecified atom stereocenters. The predicted molar refractivity (Wildman–Crippen MR) is 132 cm³/mol. The molecule has 2 fully saturated rings. The normalized spacial score (nSPS) is 19.1. The lowest BCUT2D eigenvalue weighted by molar-refractivity contribution is -0.139. The zero-order valence-corrected chi connectivity index (χ0v) is 20.5. The number of hydrogen-bond donors (Lipinski definition) is 3. The summed E-state index contributed by atoms with van der Waals surface area (Å²) in [4.78, 5) is 40.7. The number of likely N-dealkylation sites (tertiary alicyclic amines) is 1. The summed E-state index contributed by atoms with van der Waals surface area (Å²) in [6.07, 6.45) is 1.83. The molecule has 4 rings (SSSR count). The average Bonchev–Trinajstić information content (AvgIpc) is 3.12. The third-order valence-electron chi connectivity index (χ3n) is 6.41. The highest BCUT2D eigenvalue weighted by molar-refractivity contribution is 6.30. The number of nitrogens with one attached hydrogen (secondary N) is 2. The molecule has 9 nitrogen and oxygen atoms in total. The molecule has 36 heavy (non-hydrogen) atoms. The minimum absolute atomic E-state index is 0.0835. The largest absolute Gasteiger partial charge is 0.483 e. The molecule has 0 radical (unpaired) electrons. The second kappa shape index (κ2) is 11.6. The van der Waals surface area contributed by atoms with Crippen LogP contribution < -0.4 is 21.1 Å². The Morgan fingerprint density at radius 1 is 1.03 bits per heavy atom. The van der Waals surface area contributed by atoms with Gasteiger partial charge in [-0.3, -0.25) is 14.5 Å². The number of halogens is 2. The van der Waals surface area contributed by atoms with Gasteiger partial charge in [0.2, 0.25) is 0 Å². The van der Waals surface area contributed by atoms with Crippen LogP contribution in [0, 0.1) is 5.82 Å². The average molecular weight is 518 g/mol. The molecule has 11 heteroatoms. The Kier molecular flexibility index (Phi) is 8.27. The summed E-state index contributed by atoms with van der Waals surface area (Å²) in [6, 6.07) is 10.6. The van der Waals surface area contributed by atoms with Gasteiger partial charge in [-0.1, -0.05) is 23.7 Å². The van der Waals surface area contributed by atoms with Crippen LogP contribution >= 0.6 is 11.6 Å². The molecule has 192 valence electrons. The van der Waals surface area contributed by atoms with Gasteiger partial charge in [0.1, 0.15) is 11.6 Å². The van der Waals surface area contributed by atoms with E-state index in [1.807, 2.05) is 4.90 Å². The van der Waals surface area contributed by atoms with Crippen molar-refractivity contribution in [2.45, 2.75) is 31.5 Å². The molecular formula is C25H29ClFN5O4. The maximum absolute atomic E-state index is 13.2. The number of urea groups is 1. The summed E-state index contributed by atoms with van der Waals surface area (Å²) in [7, 11) is 0. The number of fused-ring (bicyclic) bond motifs is 2. The predicted octanol–water partition coefficient (Wildman–Crippen LogP) is 2.13. The maximum Gasteiger partial charge on any atom is 0.312 e. The van der Waals surface area contributed by atoms with Gasteiger partial charge in [-0.2, -0.15) is 0 Å². The third kappa shape index (κ3) is 6.44. The number of ether oxygens (including phenoxy) is 1. The van der Waals surface area contributed by atoms with Crippen LogP contribution in [0.25, 0.3) is 0 Å². The highest BCUT2D eigenvalue weighted by atomic mass is 35.5. The number of rotatable bonds is 9. The zero-order valence-electron chi connectivity index (χ0n) is 19.7. The fraction of sp³-hybridized carbons (Fsp3) is 0.400. The molecule has 2 aromatic carbocycles. The van der Waals surface area contributed by atoms with E-state index in [0.29, 0.717) is 11.6 Å². The van der Waals surface area contributed by atoms with Crippen LogP contribution in [0.1, 0.15) is 28.8 Å². The minimum atomic E-state index is -0.677. The van der Waals surface area contributed by atoms with Crippen LogP contribution in [0.2, 0.25) is 5.02 Å². The highest BCUT2D eigenvalue weighted by Crippen LogP contribution is 2.31. The third-order valence-corrected chi connectivity index (χ3v) is 6.65. The van der Waals surface area contributed by atoms with Crippen molar-refractivity contribution >= 4 is 29.4 Å².